The minimum Gasteiger partial charge on any atom is -0.389 e. The molecule has 1 heterocycles. The van der Waals surface area contributed by atoms with Crippen LogP contribution in [0.3, 0.4) is 0 Å². The van der Waals surface area contributed by atoms with E-state index in [9.17, 15) is 9.50 Å². The maximum atomic E-state index is 12.7. The monoisotopic (exact) mass is 219 g/mol. The maximum absolute atomic E-state index is 12.7. The smallest absolute Gasteiger partial charge is 0.123 e. The Hall–Kier alpha value is -1.61. The molecule has 0 aliphatic heterocycles. The first-order valence-electron chi connectivity index (χ1n) is 5.23. The van der Waals surface area contributed by atoms with E-state index in [1.54, 1.807) is 19.1 Å². The minimum atomic E-state index is -0.450. The first-order chi connectivity index (χ1) is 7.65. The molecule has 1 atom stereocenters. The van der Waals surface area contributed by atoms with Gasteiger partial charge in [-0.2, -0.15) is 0 Å². The molecule has 3 heteroatoms. The van der Waals surface area contributed by atoms with Gasteiger partial charge in [0.05, 0.1) is 6.10 Å². The maximum Gasteiger partial charge on any atom is 0.123 e. The van der Waals surface area contributed by atoms with Crippen LogP contribution in [0.1, 0.15) is 24.2 Å². The number of hydrogen-bond acceptors (Lipinski definition) is 1. The van der Waals surface area contributed by atoms with Gasteiger partial charge in [0.25, 0.3) is 0 Å². The lowest BCUT2D eigenvalue weighted by Gasteiger charge is -2.03. The zero-order valence-corrected chi connectivity index (χ0v) is 9.10. The van der Waals surface area contributed by atoms with E-state index >= 15 is 0 Å². The number of nitrogens with zero attached hydrogens (tertiary/aromatic N) is 1. The Kier molecular flexibility index (Phi) is 3.06. The van der Waals surface area contributed by atoms with Crippen LogP contribution in [0.25, 0.3) is 0 Å². The Morgan fingerprint density at radius 3 is 2.50 bits per heavy atom. The van der Waals surface area contributed by atoms with Crippen LogP contribution in [-0.2, 0) is 6.54 Å². The SMILES string of the molecule is CC(O)c1ccn(Cc2ccc(F)cc2)c1. The molecule has 1 N–H and O–H groups in total. The number of halogens is 1. The average Bonchev–Trinajstić information content (AvgIpc) is 2.70. The molecule has 2 aromatic rings. The molecule has 0 fully saturated rings. The summed E-state index contributed by atoms with van der Waals surface area (Å²) < 4.78 is 14.7. The molecule has 0 amide bonds. The third-order valence-electron chi connectivity index (χ3n) is 2.53. The second-order valence-corrected chi connectivity index (χ2v) is 3.92. The minimum absolute atomic E-state index is 0.221. The van der Waals surface area contributed by atoms with Crippen LogP contribution in [0.4, 0.5) is 4.39 Å². The van der Waals surface area contributed by atoms with Crippen LogP contribution in [0.2, 0.25) is 0 Å². The van der Waals surface area contributed by atoms with Gasteiger partial charge in [0.15, 0.2) is 0 Å². The lowest BCUT2D eigenvalue weighted by molar-refractivity contribution is 0.199. The van der Waals surface area contributed by atoms with Crippen LogP contribution in [-0.4, -0.2) is 9.67 Å². The number of aliphatic hydroxyl groups excluding tert-OH is 1. The fourth-order valence-corrected chi connectivity index (χ4v) is 1.61. The molecule has 1 aromatic carbocycles. The van der Waals surface area contributed by atoms with Crippen molar-refractivity contribution in [2.75, 3.05) is 0 Å². The van der Waals surface area contributed by atoms with Crippen LogP contribution >= 0.6 is 0 Å². The highest BCUT2D eigenvalue weighted by atomic mass is 19.1. The number of aliphatic hydroxyl groups is 1. The summed E-state index contributed by atoms with van der Waals surface area (Å²) in [6.07, 6.45) is 3.36. The molecule has 0 radical (unpaired) electrons. The Morgan fingerprint density at radius 1 is 1.25 bits per heavy atom. The first kappa shape index (κ1) is 10.9. The van der Waals surface area contributed by atoms with E-state index in [1.807, 2.05) is 23.0 Å². The van der Waals surface area contributed by atoms with Crippen molar-refractivity contribution < 1.29 is 9.50 Å². The van der Waals surface area contributed by atoms with Gasteiger partial charge in [-0.05, 0) is 36.2 Å². The Morgan fingerprint density at radius 2 is 1.94 bits per heavy atom. The van der Waals surface area contributed by atoms with Crippen LogP contribution in [0, 0.1) is 5.82 Å². The predicted molar refractivity (Wildman–Crippen MR) is 60.6 cm³/mol. The Labute approximate surface area is 94.0 Å². The zero-order valence-electron chi connectivity index (χ0n) is 9.10. The predicted octanol–water partition coefficient (Wildman–Crippen LogP) is 2.73. The molecule has 1 aromatic heterocycles. The lowest BCUT2D eigenvalue weighted by atomic mass is 10.2. The van der Waals surface area contributed by atoms with Crippen molar-refractivity contribution >= 4 is 0 Å². The molecule has 0 bridgehead atoms. The summed E-state index contributed by atoms with van der Waals surface area (Å²) in [5.41, 5.74) is 1.93. The van der Waals surface area contributed by atoms with E-state index in [2.05, 4.69) is 0 Å². The van der Waals surface area contributed by atoms with Gasteiger partial charge in [-0.15, -0.1) is 0 Å². The van der Waals surface area contributed by atoms with Crippen molar-refractivity contribution in [3.05, 3.63) is 59.7 Å². The van der Waals surface area contributed by atoms with Crippen LogP contribution < -0.4 is 0 Å². The normalized spacial score (nSPS) is 12.7. The highest BCUT2D eigenvalue weighted by Crippen LogP contribution is 2.13. The quantitative estimate of drug-likeness (QED) is 0.843. The zero-order chi connectivity index (χ0) is 11.5. The van der Waals surface area contributed by atoms with Crippen molar-refractivity contribution in [2.24, 2.45) is 0 Å². The molecule has 2 nitrogen and oxygen atoms in total. The topological polar surface area (TPSA) is 25.2 Å². The van der Waals surface area contributed by atoms with Crippen LogP contribution in [0.15, 0.2) is 42.7 Å². The standard InChI is InChI=1S/C13H14FNO/c1-10(16)12-6-7-15(9-12)8-11-2-4-13(14)5-3-11/h2-7,9-10,16H,8H2,1H3. The lowest BCUT2D eigenvalue weighted by Crippen LogP contribution is -1.96. The van der Waals surface area contributed by atoms with Gasteiger partial charge in [-0.3, -0.25) is 0 Å². The van der Waals surface area contributed by atoms with Crippen molar-refractivity contribution in [1.29, 1.82) is 0 Å². The van der Waals surface area contributed by atoms with Crippen molar-refractivity contribution in [1.82, 2.24) is 4.57 Å². The summed E-state index contributed by atoms with van der Waals surface area (Å²) in [5, 5.41) is 9.38. The molecule has 0 aliphatic rings. The average molecular weight is 219 g/mol. The second-order valence-electron chi connectivity index (χ2n) is 3.92. The van der Waals surface area contributed by atoms with E-state index < -0.39 is 6.10 Å². The van der Waals surface area contributed by atoms with Gasteiger partial charge in [0, 0.05) is 18.9 Å². The molecule has 2 rings (SSSR count). The van der Waals surface area contributed by atoms with E-state index in [4.69, 9.17) is 0 Å². The fraction of sp³-hybridized carbons (Fsp3) is 0.231. The van der Waals surface area contributed by atoms with Gasteiger partial charge < -0.3 is 9.67 Å². The summed E-state index contributed by atoms with van der Waals surface area (Å²) >= 11 is 0. The first-order valence-corrected chi connectivity index (χ1v) is 5.23. The molecule has 0 spiro atoms. The number of aromatic nitrogens is 1. The highest BCUT2D eigenvalue weighted by Gasteiger charge is 2.03. The van der Waals surface area contributed by atoms with Gasteiger partial charge in [-0.25, -0.2) is 4.39 Å². The molecule has 0 aliphatic carbocycles. The van der Waals surface area contributed by atoms with E-state index in [-0.39, 0.29) is 5.82 Å². The molecule has 16 heavy (non-hydrogen) atoms. The third-order valence-corrected chi connectivity index (χ3v) is 2.53. The fourth-order valence-electron chi connectivity index (χ4n) is 1.61. The second kappa shape index (κ2) is 4.49. The summed E-state index contributed by atoms with van der Waals surface area (Å²) in [7, 11) is 0. The largest absolute Gasteiger partial charge is 0.389 e. The molecule has 1 unspecified atom stereocenters. The van der Waals surface area contributed by atoms with Crippen molar-refractivity contribution in [3.8, 4) is 0 Å². The van der Waals surface area contributed by atoms with Crippen molar-refractivity contribution in [2.45, 2.75) is 19.6 Å². The Balaban J connectivity index is 2.11. The molecule has 0 saturated carbocycles. The molecular formula is C13H14FNO. The van der Waals surface area contributed by atoms with Crippen molar-refractivity contribution in [3.63, 3.8) is 0 Å². The van der Waals surface area contributed by atoms with Gasteiger partial charge in [0.1, 0.15) is 5.82 Å². The number of benzene rings is 1. The van der Waals surface area contributed by atoms with E-state index in [0.29, 0.717) is 6.54 Å². The van der Waals surface area contributed by atoms with Gasteiger partial charge in [0.2, 0.25) is 0 Å². The Bertz CT molecular complexity index is 459. The molecular weight excluding hydrogens is 205 g/mol. The van der Waals surface area contributed by atoms with E-state index in [1.165, 1.54) is 12.1 Å². The van der Waals surface area contributed by atoms with E-state index in [0.717, 1.165) is 11.1 Å². The number of rotatable bonds is 3. The molecule has 84 valence electrons. The van der Waals surface area contributed by atoms with Crippen LogP contribution in [0.5, 0.6) is 0 Å². The summed E-state index contributed by atoms with van der Waals surface area (Å²) in [6.45, 7) is 2.42. The third kappa shape index (κ3) is 2.49. The highest BCUT2D eigenvalue weighted by molar-refractivity contribution is 5.19. The summed E-state index contributed by atoms with van der Waals surface area (Å²) in [5.74, 6) is -0.221. The van der Waals surface area contributed by atoms with Gasteiger partial charge in [-0.1, -0.05) is 12.1 Å². The summed E-state index contributed by atoms with van der Waals surface area (Å²) in [4.78, 5) is 0. The number of hydrogen-bond donors (Lipinski definition) is 1. The van der Waals surface area contributed by atoms with Gasteiger partial charge >= 0.3 is 0 Å². The summed E-state index contributed by atoms with van der Waals surface area (Å²) in [6, 6.07) is 8.31. The molecule has 0 saturated heterocycles.